The Morgan fingerprint density at radius 1 is 1.14 bits per heavy atom. The standard InChI is InChI=1S/C13H8Br2ClFO3S/c14-9-1-3-12(17)8(5-9)7-20-13-4-2-10(6-11(13)15)21(16,18)19/h1-6H,7H2. The van der Waals surface area contributed by atoms with Crippen LogP contribution in [0.15, 0.2) is 50.2 Å². The van der Waals surface area contributed by atoms with Crippen molar-refractivity contribution in [3.05, 3.63) is 56.7 Å². The van der Waals surface area contributed by atoms with Gasteiger partial charge in [-0.15, -0.1) is 0 Å². The molecule has 2 aromatic rings. The smallest absolute Gasteiger partial charge is 0.261 e. The van der Waals surface area contributed by atoms with Gasteiger partial charge in [-0.2, -0.15) is 0 Å². The minimum Gasteiger partial charge on any atom is -0.488 e. The molecule has 0 aliphatic carbocycles. The van der Waals surface area contributed by atoms with E-state index in [1.165, 1.54) is 24.3 Å². The molecule has 0 atom stereocenters. The lowest BCUT2D eigenvalue weighted by molar-refractivity contribution is 0.297. The van der Waals surface area contributed by atoms with Crippen molar-refractivity contribution in [1.82, 2.24) is 0 Å². The van der Waals surface area contributed by atoms with E-state index in [2.05, 4.69) is 31.9 Å². The van der Waals surface area contributed by atoms with E-state index in [1.807, 2.05) is 0 Å². The zero-order valence-electron chi connectivity index (χ0n) is 10.3. The molecule has 0 aliphatic rings. The number of halogens is 4. The van der Waals surface area contributed by atoms with Crippen molar-refractivity contribution >= 4 is 51.6 Å². The molecular weight excluding hydrogens is 450 g/mol. The predicted molar refractivity (Wildman–Crippen MR) is 85.6 cm³/mol. The fourth-order valence-electron chi connectivity index (χ4n) is 1.56. The third kappa shape index (κ3) is 4.42. The van der Waals surface area contributed by atoms with Gasteiger partial charge in [-0.1, -0.05) is 15.9 Å². The summed E-state index contributed by atoms with van der Waals surface area (Å²) < 4.78 is 42.6. The second kappa shape index (κ2) is 6.64. The number of ether oxygens (including phenoxy) is 1. The van der Waals surface area contributed by atoms with Gasteiger partial charge in [0.1, 0.15) is 18.2 Å². The van der Waals surface area contributed by atoms with Crippen molar-refractivity contribution in [3.63, 3.8) is 0 Å². The Kier molecular flexibility index (Phi) is 5.29. The topological polar surface area (TPSA) is 43.4 Å². The number of hydrogen-bond acceptors (Lipinski definition) is 3. The van der Waals surface area contributed by atoms with Crippen LogP contribution in [0.2, 0.25) is 0 Å². The first-order valence-electron chi connectivity index (χ1n) is 5.58. The minimum atomic E-state index is -3.80. The van der Waals surface area contributed by atoms with Gasteiger partial charge in [0.25, 0.3) is 9.05 Å². The Labute approximate surface area is 142 Å². The lowest BCUT2D eigenvalue weighted by Gasteiger charge is -2.10. The van der Waals surface area contributed by atoms with E-state index in [0.717, 1.165) is 4.47 Å². The predicted octanol–water partition coefficient (Wildman–Crippen LogP) is 4.86. The molecule has 2 rings (SSSR count). The van der Waals surface area contributed by atoms with E-state index in [-0.39, 0.29) is 17.3 Å². The maximum Gasteiger partial charge on any atom is 0.261 e. The summed E-state index contributed by atoms with van der Waals surface area (Å²) in [6.07, 6.45) is 0. The largest absolute Gasteiger partial charge is 0.488 e. The molecule has 0 saturated carbocycles. The molecule has 0 aromatic heterocycles. The van der Waals surface area contributed by atoms with Crippen LogP contribution < -0.4 is 4.74 Å². The van der Waals surface area contributed by atoms with Gasteiger partial charge < -0.3 is 4.74 Å². The van der Waals surface area contributed by atoms with Crippen LogP contribution in [0.3, 0.4) is 0 Å². The highest BCUT2D eigenvalue weighted by Gasteiger charge is 2.13. The summed E-state index contributed by atoms with van der Waals surface area (Å²) >= 11 is 6.45. The molecule has 0 fully saturated rings. The molecule has 3 nitrogen and oxygen atoms in total. The van der Waals surface area contributed by atoms with Crippen LogP contribution in [0.1, 0.15) is 5.56 Å². The molecular formula is C13H8Br2ClFO3S. The highest BCUT2D eigenvalue weighted by Crippen LogP contribution is 2.30. The summed E-state index contributed by atoms with van der Waals surface area (Å²) in [7, 11) is 1.45. The van der Waals surface area contributed by atoms with Crippen molar-refractivity contribution in [2.45, 2.75) is 11.5 Å². The molecule has 0 unspecified atom stereocenters. The Morgan fingerprint density at radius 2 is 1.86 bits per heavy atom. The van der Waals surface area contributed by atoms with E-state index >= 15 is 0 Å². The zero-order chi connectivity index (χ0) is 15.6. The van der Waals surface area contributed by atoms with E-state index in [1.54, 1.807) is 12.1 Å². The fraction of sp³-hybridized carbons (Fsp3) is 0.0769. The van der Waals surface area contributed by atoms with Gasteiger partial charge in [-0.25, -0.2) is 12.8 Å². The van der Waals surface area contributed by atoms with E-state index < -0.39 is 9.05 Å². The second-order valence-corrected chi connectivity index (χ2v) is 8.39. The summed E-state index contributed by atoms with van der Waals surface area (Å²) in [6.45, 7) is 0.0108. The quantitative estimate of drug-likeness (QED) is 0.615. The van der Waals surface area contributed by atoms with Gasteiger partial charge in [0, 0.05) is 20.7 Å². The molecule has 21 heavy (non-hydrogen) atoms. The van der Waals surface area contributed by atoms with E-state index in [9.17, 15) is 12.8 Å². The number of hydrogen-bond donors (Lipinski definition) is 0. The van der Waals surface area contributed by atoms with Gasteiger partial charge in [0.05, 0.1) is 9.37 Å². The average Bonchev–Trinajstić information content (AvgIpc) is 2.40. The maximum absolute atomic E-state index is 13.6. The van der Waals surface area contributed by atoms with Crippen molar-refractivity contribution < 1.29 is 17.5 Å². The summed E-state index contributed by atoms with van der Waals surface area (Å²) in [5.74, 6) is 0.00715. The average molecular weight is 459 g/mol. The first kappa shape index (κ1) is 16.7. The maximum atomic E-state index is 13.6. The minimum absolute atomic E-state index is 0.0108. The van der Waals surface area contributed by atoms with E-state index in [4.69, 9.17) is 15.4 Å². The molecule has 0 heterocycles. The Morgan fingerprint density at radius 3 is 2.48 bits per heavy atom. The first-order chi connectivity index (χ1) is 9.77. The molecule has 2 aromatic carbocycles. The van der Waals surface area contributed by atoms with Gasteiger partial charge in [0.15, 0.2) is 0 Å². The summed E-state index contributed by atoms with van der Waals surface area (Å²) in [5.41, 5.74) is 0.380. The normalized spacial score (nSPS) is 11.4. The molecule has 0 aliphatic heterocycles. The van der Waals surface area contributed by atoms with E-state index in [0.29, 0.717) is 15.8 Å². The lowest BCUT2D eigenvalue weighted by atomic mass is 10.2. The zero-order valence-corrected chi connectivity index (χ0v) is 15.1. The van der Waals surface area contributed by atoms with Crippen molar-refractivity contribution in [1.29, 1.82) is 0 Å². The second-order valence-electron chi connectivity index (χ2n) is 4.05. The van der Waals surface area contributed by atoms with Crippen LogP contribution >= 0.6 is 42.5 Å². The van der Waals surface area contributed by atoms with Crippen LogP contribution in [-0.2, 0) is 15.7 Å². The van der Waals surface area contributed by atoms with Crippen molar-refractivity contribution in [3.8, 4) is 5.75 Å². The van der Waals surface area contributed by atoms with Gasteiger partial charge in [0.2, 0.25) is 0 Å². The van der Waals surface area contributed by atoms with Crippen LogP contribution in [0.4, 0.5) is 4.39 Å². The number of benzene rings is 2. The summed E-state index contributed by atoms with van der Waals surface area (Å²) in [6, 6.07) is 8.64. The molecule has 112 valence electrons. The van der Waals surface area contributed by atoms with Crippen molar-refractivity contribution in [2.24, 2.45) is 0 Å². The molecule has 8 heteroatoms. The first-order valence-corrected chi connectivity index (χ1v) is 9.48. The van der Waals surface area contributed by atoms with Crippen LogP contribution in [0, 0.1) is 5.82 Å². The van der Waals surface area contributed by atoms with Gasteiger partial charge in [-0.05, 0) is 52.3 Å². The Bertz CT molecular complexity index is 781. The molecule has 0 amide bonds. The van der Waals surface area contributed by atoms with Crippen LogP contribution in [-0.4, -0.2) is 8.42 Å². The molecule has 0 radical (unpaired) electrons. The number of rotatable bonds is 4. The summed E-state index contributed by atoms with van der Waals surface area (Å²) in [4.78, 5) is -0.0444. The molecule has 0 saturated heterocycles. The fourth-order valence-corrected chi connectivity index (χ4v) is 3.39. The third-order valence-electron chi connectivity index (χ3n) is 2.58. The highest BCUT2D eigenvalue weighted by atomic mass is 79.9. The van der Waals surface area contributed by atoms with Crippen molar-refractivity contribution in [2.75, 3.05) is 0 Å². The van der Waals surface area contributed by atoms with Crippen LogP contribution in [0.25, 0.3) is 0 Å². The van der Waals surface area contributed by atoms with Crippen LogP contribution in [0.5, 0.6) is 5.75 Å². The molecule has 0 N–H and O–H groups in total. The third-order valence-corrected chi connectivity index (χ3v) is 5.04. The molecule has 0 spiro atoms. The SMILES string of the molecule is O=S(=O)(Cl)c1ccc(OCc2cc(Br)ccc2F)c(Br)c1. The highest BCUT2D eigenvalue weighted by molar-refractivity contribution is 9.10. The lowest BCUT2D eigenvalue weighted by Crippen LogP contribution is -2.00. The summed E-state index contributed by atoms with van der Waals surface area (Å²) in [5, 5.41) is 0. The van der Waals surface area contributed by atoms with Gasteiger partial charge >= 0.3 is 0 Å². The Balaban J connectivity index is 2.19. The Hall–Kier alpha value is -0.630. The molecule has 0 bridgehead atoms. The van der Waals surface area contributed by atoms with Gasteiger partial charge in [-0.3, -0.25) is 0 Å². The monoisotopic (exact) mass is 456 g/mol.